The van der Waals surface area contributed by atoms with E-state index in [1.165, 1.54) is 12.8 Å². The number of amidine groups is 1. The van der Waals surface area contributed by atoms with Gasteiger partial charge in [0.15, 0.2) is 0 Å². The van der Waals surface area contributed by atoms with E-state index in [1.807, 2.05) is 18.2 Å². The largest absolute Gasteiger partial charge is 0.497 e. The molecule has 1 saturated carbocycles. The summed E-state index contributed by atoms with van der Waals surface area (Å²) in [4.78, 5) is 4.69. The summed E-state index contributed by atoms with van der Waals surface area (Å²) >= 11 is 0. The first-order valence-corrected chi connectivity index (χ1v) is 6.55. The molecule has 3 N–H and O–H groups in total. The van der Waals surface area contributed by atoms with Gasteiger partial charge in [0.05, 0.1) is 25.8 Å². The minimum atomic E-state index is 0.349. The molecular formula is C14H21N3O2. The minimum Gasteiger partial charge on any atom is -0.497 e. The Morgan fingerprint density at radius 3 is 2.58 bits per heavy atom. The number of aliphatic imine (C=N–C) groups is 1. The second-order valence-corrected chi connectivity index (χ2v) is 4.63. The lowest BCUT2D eigenvalue weighted by Crippen LogP contribution is -2.32. The normalized spacial score (nSPS) is 16.5. The van der Waals surface area contributed by atoms with Gasteiger partial charge in [0.25, 0.3) is 0 Å². The van der Waals surface area contributed by atoms with E-state index in [2.05, 4.69) is 5.43 Å². The molecule has 5 heteroatoms. The maximum absolute atomic E-state index is 5.62. The van der Waals surface area contributed by atoms with E-state index in [-0.39, 0.29) is 0 Å². The number of hydrogen-bond acceptors (Lipinski definition) is 4. The lowest BCUT2D eigenvalue weighted by atomic mass is 10.1. The fourth-order valence-corrected chi connectivity index (χ4v) is 2.40. The molecule has 0 aliphatic heterocycles. The van der Waals surface area contributed by atoms with E-state index in [1.54, 1.807) is 14.2 Å². The molecule has 0 bridgehead atoms. The van der Waals surface area contributed by atoms with Gasteiger partial charge in [-0.1, -0.05) is 12.8 Å². The monoisotopic (exact) mass is 263 g/mol. The molecule has 0 unspecified atom stereocenters. The van der Waals surface area contributed by atoms with Crippen LogP contribution in [0.4, 0.5) is 0 Å². The number of nitrogens with zero attached hydrogens (tertiary/aromatic N) is 1. The van der Waals surface area contributed by atoms with E-state index in [0.29, 0.717) is 11.9 Å². The highest BCUT2D eigenvalue weighted by Crippen LogP contribution is 2.26. The van der Waals surface area contributed by atoms with Crippen LogP contribution < -0.4 is 20.7 Å². The Kier molecular flexibility index (Phi) is 4.63. The van der Waals surface area contributed by atoms with Crippen molar-refractivity contribution in [2.24, 2.45) is 10.8 Å². The zero-order valence-corrected chi connectivity index (χ0v) is 11.5. The third kappa shape index (κ3) is 3.17. The molecule has 0 spiro atoms. The Labute approximate surface area is 113 Å². The van der Waals surface area contributed by atoms with Crippen molar-refractivity contribution in [3.63, 3.8) is 0 Å². The standard InChI is InChI=1S/C14H21N3O2/c1-18-11-7-8-13(19-2)12(9-11)14(17-15)16-10-5-3-4-6-10/h7-10H,3-6,15H2,1-2H3,(H,16,17). The Morgan fingerprint density at radius 2 is 2.00 bits per heavy atom. The van der Waals surface area contributed by atoms with E-state index >= 15 is 0 Å². The van der Waals surface area contributed by atoms with Crippen LogP contribution in [0, 0.1) is 0 Å². The van der Waals surface area contributed by atoms with Crippen molar-refractivity contribution < 1.29 is 9.47 Å². The molecule has 0 amide bonds. The van der Waals surface area contributed by atoms with Crippen molar-refractivity contribution in [1.29, 1.82) is 0 Å². The van der Waals surface area contributed by atoms with Gasteiger partial charge in [0.1, 0.15) is 17.3 Å². The van der Waals surface area contributed by atoms with Crippen LogP contribution in [0.2, 0.25) is 0 Å². The van der Waals surface area contributed by atoms with Crippen LogP contribution in [-0.2, 0) is 0 Å². The maximum atomic E-state index is 5.62. The fourth-order valence-electron chi connectivity index (χ4n) is 2.40. The average molecular weight is 263 g/mol. The average Bonchev–Trinajstić information content (AvgIpc) is 2.97. The Balaban J connectivity index is 2.35. The first-order valence-electron chi connectivity index (χ1n) is 6.55. The van der Waals surface area contributed by atoms with Crippen molar-refractivity contribution in [1.82, 2.24) is 5.43 Å². The number of hydrazine groups is 1. The van der Waals surface area contributed by atoms with Gasteiger partial charge in [-0.3, -0.25) is 4.99 Å². The number of rotatable bonds is 4. The van der Waals surface area contributed by atoms with Gasteiger partial charge in [-0.25, -0.2) is 5.84 Å². The molecule has 0 radical (unpaired) electrons. The van der Waals surface area contributed by atoms with Gasteiger partial charge in [0.2, 0.25) is 0 Å². The summed E-state index contributed by atoms with van der Waals surface area (Å²) < 4.78 is 10.6. The number of ether oxygens (including phenoxy) is 2. The highest BCUT2D eigenvalue weighted by Gasteiger charge is 2.17. The van der Waals surface area contributed by atoms with E-state index in [9.17, 15) is 0 Å². The Hall–Kier alpha value is -1.75. The molecular weight excluding hydrogens is 242 g/mol. The topological polar surface area (TPSA) is 68.9 Å². The molecule has 1 aromatic rings. The molecule has 0 saturated heterocycles. The SMILES string of the molecule is COc1ccc(OC)c(C(=NC2CCCC2)NN)c1. The molecule has 104 valence electrons. The first-order chi connectivity index (χ1) is 9.28. The van der Waals surface area contributed by atoms with E-state index in [0.717, 1.165) is 29.9 Å². The first kappa shape index (κ1) is 13.7. The molecule has 0 heterocycles. The summed E-state index contributed by atoms with van der Waals surface area (Å²) in [5.74, 6) is 7.76. The van der Waals surface area contributed by atoms with Crippen LogP contribution in [0.1, 0.15) is 31.2 Å². The third-order valence-corrected chi connectivity index (χ3v) is 3.43. The summed E-state index contributed by atoms with van der Waals surface area (Å²) in [7, 11) is 3.27. The highest BCUT2D eigenvalue weighted by molar-refractivity contribution is 6.01. The van der Waals surface area contributed by atoms with Crippen LogP contribution in [0.25, 0.3) is 0 Å². The fraction of sp³-hybridized carbons (Fsp3) is 0.500. The van der Waals surface area contributed by atoms with Gasteiger partial charge in [-0.2, -0.15) is 0 Å². The zero-order valence-electron chi connectivity index (χ0n) is 11.5. The smallest absolute Gasteiger partial charge is 0.146 e. The second kappa shape index (κ2) is 6.43. The highest BCUT2D eigenvalue weighted by atomic mass is 16.5. The quantitative estimate of drug-likeness (QED) is 0.376. The maximum Gasteiger partial charge on any atom is 0.146 e. The predicted octanol–water partition coefficient (Wildman–Crippen LogP) is 1.86. The molecule has 5 nitrogen and oxygen atoms in total. The van der Waals surface area contributed by atoms with Gasteiger partial charge in [-0.15, -0.1) is 0 Å². The molecule has 1 aliphatic carbocycles. The van der Waals surface area contributed by atoms with Gasteiger partial charge in [0, 0.05) is 0 Å². The number of benzene rings is 1. The van der Waals surface area contributed by atoms with Crippen LogP contribution >= 0.6 is 0 Å². The molecule has 1 fully saturated rings. The van der Waals surface area contributed by atoms with E-state index in [4.69, 9.17) is 20.3 Å². The second-order valence-electron chi connectivity index (χ2n) is 4.63. The molecule has 2 rings (SSSR count). The lowest BCUT2D eigenvalue weighted by Gasteiger charge is -2.14. The Morgan fingerprint density at radius 1 is 1.26 bits per heavy atom. The molecule has 1 aromatic carbocycles. The van der Waals surface area contributed by atoms with Gasteiger partial charge in [-0.05, 0) is 31.0 Å². The van der Waals surface area contributed by atoms with Crippen molar-refractivity contribution >= 4 is 5.84 Å². The number of hydrogen-bond donors (Lipinski definition) is 2. The van der Waals surface area contributed by atoms with Crippen LogP contribution in [0.3, 0.4) is 0 Å². The van der Waals surface area contributed by atoms with Crippen molar-refractivity contribution in [2.75, 3.05) is 14.2 Å². The summed E-state index contributed by atoms with van der Waals surface area (Å²) in [6.07, 6.45) is 4.72. The predicted molar refractivity (Wildman–Crippen MR) is 75.7 cm³/mol. The van der Waals surface area contributed by atoms with Gasteiger partial charge < -0.3 is 14.9 Å². The third-order valence-electron chi connectivity index (χ3n) is 3.43. The number of methoxy groups -OCH3 is 2. The van der Waals surface area contributed by atoms with Crippen LogP contribution in [0.15, 0.2) is 23.2 Å². The molecule has 19 heavy (non-hydrogen) atoms. The van der Waals surface area contributed by atoms with Crippen molar-refractivity contribution in [2.45, 2.75) is 31.7 Å². The molecule has 1 aliphatic rings. The molecule has 0 aromatic heterocycles. The van der Waals surface area contributed by atoms with Gasteiger partial charge >= 0.3 is 0 Å². The van der Waals surface area contributed by atoms with Crippen molar-refractivity contribution in [3.8, 4) is 11.5 Å². The number of nitrogens with one attached hydrogen (secondary N) is 1. The minimum absolute atomic E-state index is 0.349. The summed E-state index contributed by atoms with van der Waals surface area (Å²) in [5, 5.41) is 0. The van der Waals surface area contributed by atoms with Crippen molar-refractivity contribution in [3.05, 3.63) is 23.8 Å². The number of nitrogens with two attached hydrogens (primary N) is 1. The molecule has 0 atom stereocenters. The van der Waals surface area contributed by atoms with Crippen LogP contribution in [-0.4, -0.2) is 26.1 Å². The van der Waals surface area contributed by atoms with E-state index < -0.39 is 0 Å². The lowest BCUT2D eigenvalue weighted by molar-refractivity contribution is 0.402. The zero-order chi connectivity index (χ0) is 13.7. The Bertz CT molecular complexity index is 454. The summed E-state index contributed by atoms with van der Waals surface area (Å²) in [6.45, 7) is 0. The summed E-state index contributed by atoms with van der Waals surface area (Å²) in [6, 6.07) is 5.94. The summed E-state index contributed by atoms with van der Waals surface area (Å²) in [5.41, 5.74) is 3.52. The van der Waals surface area contributed by atoms with Crippen LogP contribution in [0.5, 0.6) is 11.5 Å².